The third-order valence-corrected chi connectivity index (χ3v) is 3.95. The summed E-state index contributed by atoms with van der Waals surface area (Å²) in [6.07, 6.45) is 0.289. The Kier molecular flexibility index (Phi) is 3.21. The summed E-state index contributed by atoms with van der Waals surface area (Å²) < 4.78 is 5.47. The number of aliphatic hydroxyl groups is 1. The smallest absolute Gasteiger partial charge is 0.122 e. The summed E-state index contributed by atoms with van der Waals surface area (Å²) >= 11 is 6.01. The molecule has 98 valence electrons. The van der Waals surface area contributed by atoms with E-state index in [1.807, 2.05) is 43.3 Å². The van der Waals surface area contributed by atoms with Crippen molar-refractivity contribution in [3.63, 3.8) is 0 Å². The first kappa shape index (κ1) is 12.5. The molecule has 1 aliphatic heterocycles. The Labute approximate surface area is 117 Å². The molecule has 0 saturated carbocycles. The minimum absolute atomic E-state index is 0.623. The van der Waals surface area contributed by atoms with Gasteiger partial charge in [-0.25, -0.2) is 0 Å². The second kappa shape index (κ2) is 4.87. The van der Waals surface area contributed by atoms with Gasteiger partial charge in [0.1, 0.15) is 11.9 Å². The maximum atomic E-state index is 10.5. The van der Waals surface area contributed by atoms with E-state index in [2.05, 4.69) is 0 Å². The first-order valence-corrected chi connectivity index (χ1v) is 6.72. The van der Waals surface area contributed by atoms with Gasteiger partial charge >= 0.3 is 0 Å². The van der Waals surface area contributed by atoms with Crippen LogP contribution in [-0.4, -0.2) is 11.7 Å². The predicted octanol–water partition coefficient (Wildman–Crippen LogP) is 3.67. The van der Waals surface area contributed by atoms with Gasteiger partial charge in [-0.3, -0.25) is 0 Å². The second-order valence-corrected chi connectivity index (χ2v) is 5.28. The molecule has 3 heteroatoms. The third-order valence-electron chi connectivity index (χ3n) is 3.53. The first-order valence-electron chi connectivity index (χ1n) is 6.35. The van der Waals surface area contributed by atoms with E-state index in [4.69, 9.17) is 16.3 Å². The molecule has 19 heavy (non-hydrogen) atoms. The second-order valence-electron chi connectivity index (χ2n) is 4.88. The zero-order valence-electron chi connectivity index (χ0n) is 10.7. The van der Waals surface area contributed by atoms with Crippen LogP contribution in [0.5, 0.6) is 5.75 Å². The highest BCUT2D eigenvalue weighted by Gasteiger charge is 2.17. The van der Waals surface area contributed by atoms with E-state index in [-0.39, 0.29) is 0 Å². The molecule has 1 N–H and O–H groups in total. The van der Waals surface area contributed by atoms with Gasteiger partial charge < -0.3 is 9.84 Å². The fourth-order valence-electron chi connectivity index (χ4n) is 2.41. The summed E-state index contributed by atoms with van der Waals surface area (Å²) in [6.45, 7) is 2.67. The summed E-state index contributed by atoms with van der Waals surface area (Å²) in [4.78, 5) is 0. The molecule has 3 rings (SSSR count). The Morgan fingerprint density at radius 1 is 1.16 bits per heavy atom. The standard InChI is InChI=1S/C16H15ClO2/c1-10-8-12(2-4-14(10)17)16(18)13-3-5-15-11(9-13)6-7-19-15/h2-5,8-9,16,18H,6-7H2,1H3. The lowest BCUT2D eigenvalue weighted by molar-refractivity contribution is 0.220. The number of fused-ring (bicyclic) bond motifs is 1. The Hall–Kier alpha value is -1.51. The van der Waals surface area contributed by atoms with Crippen LogP contribution < -0.4 is 4.74 Å². The van der Waals surface area contributed by atoms with Crippen molar-refractivity contribution in [1.29, 1.82) is 0 Å². The number of aryl methyl sites for hydroxylation is 1. The highest BCUT2D eigenvalue weighted by atomic mass is 35.5. The van der Waals surface area contributed by atoms with Crippen LogP contribution in [0.3, 0.4) is 0 Å². The summed E-state index contributed by atoms with van der Waals surface area (Å²) in [7, 11) is 0. The lowest BCUT2D eigenvalue weighted by Gasteiger charge is -2.13. The number of rotatable bonds is 2. The van der Waals surface area contributed by atoms with Crippen molar-refractivity contribution in [2.75, 3.05) is 6.61 Å². The van der Waals surface area contributed by atoms with Gasteiger partial charge in [-0.05, 0) is 47.4 Å². The molecule has 0 aliphatic carbocycles. The van der Waals surface area contributed by atoms with Gasteiger partial charge in [0, 0.05) is 11.4 Å². The highest BCUT2D eigenvalue weighted by Crippen LogP contribution is 2.31. The van der Waals surface area contributed by atoms with Crippen molar-refractivity contribution in [3.8, 4) is 5.75 Å². The van der Waals surface area contributed by atoms with Crippen LogP contribution in [0.4, 0.5) is 0 Å². The minimum Gasteiger partial charge on any atom is -0.493 e. The summed E-state index contributed by atoms with van der Waals surface area (Å²) in [5.74, 6) is 0.934. The highest BCUT2D eigenvalue weighted by molar-refractivity contribution is 6.31. The van der Waals surface area contributed by atoms with Crippen molar-refractivity contribution in [1.82, 2.24) is 0 Å². The molecular weight excluding hydrogens is 260 g/mol. The summed E-state index contributed by atoms with van der Waals surface area (Å²) in [6, 6.07) is 11.5. The molecule has 0 aromatic heterocycles. The van der Waals surface area contributed by atoms with E-state index in [0.717, 1.165) is 40.5 Å². The van der Waals surface area contributed by atoms with Gasteiger partial charge in [0.15, 0.2) is 0 Å². The SMILES string of the molecule is Cc1cc(C(O)c2ccc3c(c2)CCO3)ccc1Cl. The third kappa shape index (κ3) is 2.34. The van der Waals surface area contributed by atoms with E-state index in [1.54, 1.807) is 0 Å². The average Bonchev–Trinajstić information content (AvgIpc) is 2.88. The van der Waals surface area contributed by atoms with E-state index in [9.17, 15) is 5.11 Å². The Morgan fingerprint density at radius 3 is 2.68 bits per heavy atom. The monoisotopic (exact) mass is 274 g/mol. The number of hydrogen-bond donors (Lipinski definition) is 1. The Morgan fingerprint density at radius 2 is 1.89 bits per heavy atom. The molecule has 0 spiro atoms. The molecule has 0 amide bonds. The quantitative estimate of drug-likeness (QED) is 0.905. The number of benzene rings is 2. The molecule has 0 fully saturated rings. The fourth-order valence-corrected chi connectivity index (χ4v) is 2.52. The average molecular weight is 275 g/mol. The number of halogens is 1. The van der Waals surface area contributed by atoms with Gasteiger partial charge in [-0.1, -0.05) is 29.8 Å². The van der Waals surface area contributed by atoms with Gasteiger partial charge in [0.25, 0.3) is 0 Å². The van der Waals surface area contributed by atoms with Gasteiger partial charge in [0.05, 0.1) is 6.61 Å². The Bertz CT molecular complexity index is 622. The predicted molar refractivity (Wildman–Crippen MR) is 75.9 cm³/mol. The number of ether oxygens (including phenoxy) is 1. The normalized spacial score (nSPS) is 14.9. The molecule has 0 saturated heterocycles. The summed E-state index contributed by atoms with van der Waals surface area (Å²) in [5.41, 5.74) is 3.90. The van der Waals surface area contributed by atoms with E-state index < -0.39 is 6.10 Å². The van der Waals surface area contributed by atoms with Crippen molar-refractivity contribution < 1.29 is 9.84 Å². The molecule has 0 bridgehead atoms. The molecular formula is C16H15ClO2. The zero-order chi connectivity index (χ0) is 13.4. The lowest BCUT2D eigenvalue weighted by Crippen LogP contribution is -2.00. The van der Waals surface area contributed by atoms with E-state index in [1.165, 1.54) is 5.56 Å². The van der Waals surface area contributed by atoms with Gasteiger partial charge in [-0.2, -0.15) is 0 Å². The van der Waals surface area contributed by atoms with Crippen LogP contribution in [0, 0.1) is 6.92 Å². The van der Waals surface area contributed by atoms with E-state index in [0.29, 0.717) is 0 Å². The molecule has 2 nitrogen and oxygen atoms in total. The largest absolute Gasteiger partial charge is 0.493 e. The number of hydrogen-bond acceptors (Lipinski definition) is 2. The molecule has 1 heterocycles. The van der Waals surface area contributed by atoms with Gasteiger partial charge in [0.2, 0.25) is 0 Å². The van der Waals surface area contributed by atoms with Gasteiger partial charge in [-0.15, -0.1) is 0 Å². The molecule has 1 atom stereocenters. The van der Waals surface area contributed by atoms with Crippen LogP contribution >= 0.6 is 11.6 Å². The molecule has 0 radical (unpaired) electrons. The van der Waals surface area contributed by atoms with Crippen molar-refractivity contribution >= 4 is 11.6 Å². The van der Waals surface area contributed by atoms with Crippen LogP contribution in [0.1, 0.15) is 28.4 Å². The van der Waals surface area contributed by atoms with Crippen molar-refractivity contribution in [2.45, 2.75) is 19.4 Å². The molecule has 2 aromatic carbocycles. The molecule has 1 aliphatic rings. The van der Waals surface area contributed by atoms with Crippen molar-refractivity contribution in [3.05, 3.63) is 63.7 Å². The molecule has 2 aromatic rings. The molecule has 1 unspecified atom stereocenters. The Balaban J connectivity index is 1.94. The fraction of sp³-hybridized carbons (Fsp3) is 0.250. The number of aliphatic hydroxyl groups excluding tert-OH is 1. The van der Waals surface area contributed by atoms with Crippen LogP contribution in [0.25, 0.3) is 0 Å². The summed E-state index contributed by atoms with van der Waals surface area (Å²) in [5, 5.41) is 11.2. The van der Waals surface area contributed by atoms with Crippen molar-refractivity contribution in [2.24, 2.45) is 0 Å². The minimum atomic E-state index is -0.623. The topological polar surface area (TPSA) is 29.5 Å². The van der Waals surface area contributed by atoms with E-state index >= 15 is 0 Å². The maximum absolute atomic E-state index is 10.5. The lowest BCUT2D eigenvalue weighted by atomic mass is 9.98. The van der Waals surface area contributed by atoms with Crippen LogP contribution in [0.15, 0.2) is 36.4 Å². The first-order chi connectivity index (χ1) is 9.15. The maximum Gasteiger partial charge on any atom is 0.122 e. The zero-order valence-corrected chi connectivity index (χ0v) is 11.4. The van der Waals surface area contributed by atoms with Crippen LogP contribution in [0.2, 0.25) is 5.02 Å². The van der Waals surface area contributed by atoms with Crippen LogP contribution in [-0.2, 0) is 6.42 Å².